The predicted molar refractivity (Wildman–Crippen MR) is 154 cm³/mol. The topological polar surface area (TPSA) is 81.6 Å². The summed E-state index contributed by atoms with van der Waals surface area (Å²) in [7, 11) is 0. The number of benzene rings is 3. The lowest BCUT2D eigenvalue weighted by molar-refractivity contribution is 0.249. The Hall–Kier alpha value is -4.43. The Kier molecular flexibility index (Phi) is 8.33. The molecule has 4 aromatic rings. The summed E-state index contributed by atoms with van der Waals surface area (Å²) in [5.41, 5.74) is 5.38. The van der Waals surface area contributed by atoms with Crippen molar-refractivity contribution in [3.8, 4) is 23.6 Å². The van der Waals surface area contributed by atoms with Crippen molar-refractivity contribution in [3.63, 3.8) is 0 Å². The fourth-order valence-electron chi connectivity index (χ4n) is 4.66. The Labute approximate surface area is 233 Å². The van der Waals surface area contributed by atoms with Crippen LogP contribution in [0.25, 0.3) is 0 Å². The van der Waals surface area contributed by atoms with Crippen molar-refractivity contribution < 1.29 is 9.47 Å². The van der Waals surface area contributed by atoms with Crippen molar-refractivity contribution in [1.29, 1.82) is 10.5 Å². The third-order valence-electron chi connectivity index (χ3n) is 6.60. The molecule has 0 saturated carbocycles. The van der Waals surface area contributed by atoms with Crippen LogP contribution in [0.3, 0.4) is 0 Å². The minimum Gasteiger partial charge on any atom is -0.490 e. The quantitative estimate of drug-likeness (QED) is 0.222. The number of ether oxygens (including phenoxy) is 2. The van der Waals surface area contributed by atoms with Crippen molar-refractivity contribution >= 4 is 22.6 Å². The fraction of sp³-hybridized carbons (Fsp3) is 0.219. The second-order valence-corrected chi connectivity index (χ2v) is 10.3. The maximum absolute atomic E-state index is 9.92. The molecule has 0 unspecified atom stereocenters. The Balaban J connectivity index is 1.32. The molecule has 0 radical (unpaired) electrons. The van der Waals surface area contributed by atoms with E-state index in [0.29, 0.717) is 29.2 Å². The predicted octanol–water partition coefficient (Wildman–Crippen LogP) is 6.78. The largest absolute Gasteiger partial charge is 0.490 e. The zero-order chi connectivity index (χ0) is 27.0. The second kappa shape index (κ2) is 12.4. The average molecular weight is 533 g/mol. The molecule has 0 aliphatic carbocycles. The normalized spacial score (nSPS) is 13.0. The summed E-state index contributed by atoms with van der Waals surface area (Å²) in [5, 5.41) is 20.0. The van der Waals surface area contributed by atoms with E-state index in [4.69, 9.17) is 14.5 Å². The summed E-state index contributed by atoms with van der Waals surface area (Å²) in [6.07, 6.45) is 2.63. The van der Waals surface area contributed by atoms with Crippen LogP contribution in [0.1, 0.15) is 45.2 Å². The number of rotatable bonds is 9. The van der Waals surface area contributed by atoms with Crippen LogP contribution in [0.5, 0.6) is 11.5 Å². The van der Waals surface area contributed by atoms with Gasteiger partial charge in [0.15, 0.2) is 11.5 Å². The van der Waals surface area contributed by atoms with Gasteiger partial charge in [-0.15, -0.1) is 11.3 Å². The molecule has 0 atom stereocenters. The Morgan fingerprint density at radius 1 is 0.974 bits per heavy atom. The highest BCUT2D eigenvalue weighted by Crippen LogP contribution is 2.39. The number of aliphatic imine (C=N–C) groups is 1. The molecule has 0 fully saturated rings. The van der Waals surface area contributed by atoms with Crippen molar-refractivity contribution in [2.75, 3.05) is 13.2 Å². The van der Waals surface area contributed by atoms with Gasteiger partial charge in [0.2, 0.25) is 0 Å². The Bertz CT molecular complexity index is 1560. The molecular formula is C32H28N4O2S. The molecule has 1 aliphatic heterocycles. The van der Waals surface area contributed by atoms with Gasteiger partial charge in [-0.25, -0.2) is 4.99 Å². The van der Waals surface area contributed by atoms with E-state index in [-0.39, 0.29) is 6.61 Å². The highest BCUT2D eigenvalue weighted by atomic mass is 32.1. The number of nitriles is 2. The SMILES string of the molecule is CCOc1cc(C=Nc2sc3c(c2C#N)CCN(Cc2ccccc2)C3)ccc1OCc1ccccc1C#N. The van der Waals surface area contributed by atoms with Crippen molar-refractivity contribution in [1.82, 2.24) is 4.90 Å². The van der Waals surface area contributed by atoms with Gasteiger partial charge in [-0.1, -0.05) is 48.5 Å². The molecule has 39 heavy (non-hydrogen) atoms. The van der Waals surface area contributed by atoms with Gasteiger partial charge >= 0.3 is 0 Å². The fourth-order valence-corrected chi connectivity index (χ4v) is 5.85. The maximum atomic E-state index is 9.92. The number of thiophene rings is 1. The van der Waals surface area contributed by atoms with E-state index in [1.807, 2.05) is 49.4 Å². The minimum absolute atomic E-state index is 0.269. The summed E-state index contributed by atoms with van der Waals surface area (Å²) in [6.45, 7) is 5.33. The molecule has 0 bridgehead atoms. The van der Waals surface area contributed by atoms with Crippen LogP contribution in [0.15, 0.2) is 77.8 Å². The van der Waals surface area contributed by atoms with Crippen LogP contribution >= 0.6 is 11.3 Å². The van der Waals surface area contributed by atoms with E-state index < -0.39 is 0 Å². The van der Waals surface area contributed by atoms with Crippen molar-refractivity contribution in [2.24, 2.45) is 4.99 Å². The highest BCUT2D eigenvalue weighted by molar-refractivity contribution is 7.16. The van der Waals surface area contributed by atoms with Gasteiger partial charge in [-0.3, -0.25) is 4.90 Å². The lowest BCUT2D eigenvalue weighted by Crippen LogP contribution is -2.29. The molecule has 7 heteroatoms. The average Bonchev–Trinajstić information content (AvgIpc) is 3.33. The van der Waals surface area contributed by atoms with Crippen LogP contribution in [-0.2, 0) is 26.1 Å². The van der Waals surface area contributed by atoms with Gasteiger partial charge in [-0.05, 0) is 54.3 Å². The molecule has 0 N–H and O–H groups in total. The van der Waals surface area contributed by atoms with E-state index in [2.05, 4.69) is 41.3 Å². The summed E-state index contributed by atoms with van der Waals surface area (Å²) < 4.78 is 11.9. The third-order valence-corrected chi connectivity index (χ3v) is 7.72. The lowest BCUT2D eigenvalue weighted by atomic mass is 10.0. The van der Waals surface area contributed by atoms with E-state index in [9.17, 15) is 10.5 Å². The first-order chi connectivity index (χ1) is 19.2. The van der Waals surface area contributed by atoms with Gasteiger partial charge in [0.05, 0.1) is 23.8 Å². The van der Waals surface area contributed by atoms with Crippen LogP contribution in [0, 0.1) is 22.7 Å². The first-order valence-electron chi connectivity index (χ1n) is 12.9. The van der Waals surface area contributed by atoms with E-state index in [0.717, 1.165) is 47.7 Å². The molecular weight excluding hydrogens is 504 g/mol. The minimum atomic E-state index is 0.269. The number of hydrogen-bond donors (Lipinski definition) is 0. The van der Waals surface area contributed by atoms with Crippen LogP contribution < -0.4 is 9.47 Å². The van der Waals surface area contributed by atoms with Crippen molar-refractivity contribution in [2.45, 2.75) is 33.0 Å². The smallest absolute Gasteiger partial charge is 0.161 e. The van der Waals surface area contributed by atoms with E-state index >= 15 is 0 Å². The molecule has 1 aliphatic rings. The monoisotopic (exact) mass is 532 g/mol. The van der Waals surface area contributed by atoms with Gasteiger partial charge in [0.1, 0.15) is 17.7 Å². The van der Waals surface area contributed by atoms with Gasteiger partial charge < -0.3 is 9.47 Å². The standard InChI is InChI=1S/C32H28N4O2S/c1-2-37-30-16-24(12-13-29(30)38-22-26-11-7-6-10-25(26)17-33)19-35-32-28(18-34)27-14-15-36(21-31(27)39-32)20-23-8-4-3-5-9-23/h3-13,16,19H,2,14-15,20-22H2,1H3. The first-order valence-corrected chi connectivity index (χ1v) is 13.7. The van der Waals surface area contributed by atoms with Crippen LogP contribution in [-0.4, -0.2) is 24.3 Å². The summed E-state index contributed by atoms with van der Waals surface area (Å²) >= 11 is 1.60. The Morgan fingerprint density at radius 3 is 2.59 bits per heavy atom. The first kappa shape index (κ1) is 26.2. The van der Waals surface area contributed by atoms with Gasteiger partial charge in [-0.2, -0.15) is 10.5 Å². The molecule has 2 heterocycles. The van der Waals surface area contributed by atoms with Gasteiger partial charge in [0.25, 0.3) is 0 Å². The molecule has 1 aromatic heterocycles. The van der Waals surface area contributed by atoms with E-state index in [1.54, 1.807) is 23.6 Å². The Morgan fingerprint density at radius 2 is 1.79 bits per heavy atom. The molecule has 0 amide bonds. The molecule has 194 valence electrons. The summed E-state index contributed by atoms with van der Waals surface area (Å²) in [6, 6.07) is 28.1. The summed E-state index contributed by atoms with van der Waals surface area (Å²) in [4.78, 5) is 8.37. The zero-order valence-electron chi connectivity index (χ0n) is 21.8. The van der Waals surface area contributed by atoms with Crippen molar-refractivity contribution in [3.05, 3.63) is 111 Å². The lowest BCUT2D eigenvalue weighted by Gasteiger charge is -2.26. The van der Waals surface area contributed by atoms with Crippen LogP contribution in [0.2, 0.25) is 0 Å². The third kappa shape index (κ3) is 6.18. The molecule has 0 spiro atoms. The second-order valence-electron chi connectivity index (χ2n) is 9.20. The zero-order valence-corrected chi connectivity index (χ0v) is 22.6. The highest BCUT2D eigenvalue weighted by Gasteiger charge is 2.24. The number of fused-ring (bicyclic) bond motifs is 1. The maximum Gasteiger partial charge on any atom is 0.161 e. The molecule has 6 nitrogen and oxygen atoms in total. The van der Waals surface area contributed by atoms with Gasteiger partial charge in [0, 0.05) is 36.3 Å². The van der Waals surface area contributed by atoms with Crippen LogP contribution in [0.4, 0.5) is 5.00 Å². The number of hydrogen-bond acceptors (Lipinski definition) is 7. The molecule has 5 rings (SSSR count). The summed E-state index contributed by atoms with van der Waals surface area (Å²) in [5.74, 6) is 1.21. The number of nitrogens with zero attached hydrogens (tertiary/aromatic N) is 4. The molecule has 0 saturated heterocycles. The van der Waals surface area contributed by atoms with E-state index in [1.165, 1.54) is 10.4 Å². The molecule has 3 aromatic carbocycles.